The fraction of sp³-hybridized carbons (Fsp3) is 0.167. The van der Waals surface area contributed by atoms with Gasteiger partial charge in [0.05, 0.1) is 21.5 Å². The van der Waals surface area contributed by atoms with E-state index in [1.54, 1.807) is 25.1 Å². The number of benzene rings is 2. The molecule has 4 aromatic rings. The van der Waals surface area contributed by atoms with E-state index in [0.717, 1.165) is 27.7 Å². The molecule has 0 saturated heterocycles. The third-order valence-electron chi connectivity index (χ3n) is 5.51. The molecule has 0 unspecified atom stereocenters. The molecular weight excluding hydrogens is 392 g/mol. The minimum Gasteiger partial charge on any atom is -0.457 e. The van der Waals surface area contributed by atoms with Crippen LogP contribution >= 0.6 is 0 Å². The molecule has 154 valence electrons. The topological polar surface area (TPSA) is 109 Å². The molecule has 7 nitrogen and oxygen atoms in total. The van der Waals surface area contributed by atoms with Crippen molar-refractivity contribution in [3.05, 3.63) is 80.4 Å². The summed E-state index contributed by atoms with van der Waals surface area (Å²) in [6.07, 6.45) is 1.61. The number of aromatic nitrogens is 2. The molecule has 31 heavy (non-hydrogen) atoms. The van der Waals surface area contributed by atoms with Crippen LogP contribution < -0.4 is 0 Å². The summed E-state index contributed by atoms with van der Waals surface area (Å²) in [4.78, 5) is 18.7. The Morgan fingerprint density at radius 2 is 1.87 bits per heavy atom. The maximum atomic E-state index is 11.3. The number of hydrogen-bond donors (Lipinski definition) is 1. The fourth-order valence-electron chi connectivity index (χ4n) is 3.45. The highest BCUT2D eigenvalue weighted by molar-refractivity contribution is 5.90. The van der Waals surface area contributed by atoms with E-state index in [1.165, 1.54) is 6.07 Å². The first-order valence-corrected chi connectivity index (χ1v) is 9.72. The first-order chi connectivity index (χ1) is 14.8. The molecule has 0 aliphatic heterocycles. The summed E-state index contributed by atoms with van der Waals surface area (Å²) in [6.45, 7) is 7.60. The molecule has 0 spiro atoms. The van der Waals surface area contributed by atoms with Crippen molar-refractivity contribution >= 4 is 28.4 Å². The van der Waals surface area contributed by atoms with Gasteiger partial charge in [-0.3, -0.25) is 10.1 Å². The highest BCUT2D eigenvalue weighted by atomic mass is 16.6. The molecule has 0 atom stereocenters. The Morgan fingerprint density at radius 3 is 2.58 bits per heavy atom. The lowest BCUT2D eigenvalue weighted by molar-refractivity contribution is -0.385. The van der Waals surface area contributed by atoms with Gasteiger partial charge in [-0.15, -0.1) is 0 Å². The van der Waals surface area contributed by atoms with Crippen LogP contribution in [-0.2, 0) is 0 Å². The molecule has 0 radical (unpaired) electrons. The second kappa shape index (κ2) is 7.58. The summed E-state index contributed by atoms with van der Waals surface area (Å²) in [5.41, 5.74) is 6.36. The standard InChI is InChI=1S/C24H20N4O3/c1-13-8-20-21(9-14(13)2)27-24(26-20)18(12-25)10-19-5-6-23(31-19)17-7-15(3)16(4)22(11-17)28(29)30/h5-11H,1-4H3,(H,26,27)/b18-10+. The van der Waals surface area contributed by atoms with Gasteiger partial charge in [-0.05, 0) is 74.7 Å². The summed E-state index contributed by atoms with van der Waals surface area (Å²) in [7, 11) is 0. The van der Waals surface area contributed by atoms with Crippen molar-refractivity contribution in [1.29, 1.82) is 5.26 Å². The van der Waals surface area contributed by atoms with E-state index in [1.807, 2.05) is 39.0 Å². The number of H-pyrrole nitrogens is 1. The SMILES string of the molecule is Cc1cc2nc(/C(C#N)=C/c3ccc(-c4cc(C)c(C)c([N+](=O)[O-])c4)o3)[nH]c2cc1C. The number of nitro benzene ring substituents is 1. The van der Waals surface area contributed by atoms with Crippen LogP contribution in [0.25, 0.3) is 34.0 Å². The maximum absolute atomic E-state index is 11.3. The molecule has 1 N–H and O–H groups in total. The maximum Gasteiger partial charge on any atom is 0.273 e. The molecule has 0 saturated carbocycles. The van der Waals surface area contributed by atoms with Crippen LogP contribution in [0.1, 0.15) is 33.8 Å². The van der Waals surface area contributed by atoms with Crippen molar-refractivity contribution < 1.29 is 9.34 Å². The van der Waals surface area contributed by atoms with E-state index in [0.29, 0.717) is 34.0 Å². The lowest BCUT2D eigenvalue weighted by Gasteiger charge is -2.04. The zero-order valence-electron chi connectivity index (χ0n) is 17.6. The molecule has 2 aromatic carbocycles. The number of furan rings is 1. The molecule has 0 bridgehead atoms. The molecule has 0 aliphatic rings. The zero-order valence-corrected chi connectivity index (χ0v) is 17.6. The van der Waals surface area contributed by atoms with Gasteiger partial charge < -0.3 is 9.40 Å². The number of fused-ring (bicyclic) bond motifs is 1. The summed E-state index contributed by atoms with van der Waals surface area (Å²) in [5, 5.41) is 21.0. The number of imidazole rings is 1. The number of allylic oxidation sites excluding steroid dienone is 1. The Labute approximate surface area is 178 Å². The first kappa shape index (κ1) is 20.1. The van der Waals surface area contributed by atoms with E-state index in [2.05, 4.69) is 16.0 Å². The Bertz CT molecular complexity index is 1380. The molecule has 4 rings (SSSR count). The molecule has 2 heterocycles. The highest BCUT2D eigenvalue weighted by Gasteiger charge is 2.17. The molecule has 0 aliphatic carbocycles. The van der Waals surface area contributed by atoms with Gasteiger partial charge in [0.25, 0.3) is 5.69 Å². The number of nitro groups is 1. The van der Waals surface area contributed by atoms with Gasteiger partial charge >= 0.3 is 0 Å². The van der Waals surface area contributed by atoms with E-state index in [9.17, 15) is 15.4 Å². The largest absolute Gasteiger partial charge is 0.457 e. The van der Waals surface area contributed by atoms with Gasteiger partial charge in [-0.25, -0.2) is 4.98 Å². The van der Waals surface area contributed by atoms with Crippen molar-refractivity contribution in [2.24, 2.45) is 0 Å². The number of aromatic amines is 1. The average Bonchev–Trinajstić information content (AvgIpc) is 3.35. The van der Waals surface area contributed by atoms with Gasteiger partial charge in [-0.1, -0.05) is 0 Å². The minimum atomic E-state index is -0.394. The molecule has 0 fully saturated rings. The number of nitrogens with one attached hydrogen (secondary N) is 1. The number of nitriles is 1. The zero-order chi connectivity index (χ0) is 22.3. The van der Waals surface area contributed by atoms with Gasteiger partial charge in [0.2, 0.25) is 0 Å². The first-order valence-electron chi connectivity index (χ1n) is 9.72. The molecule has 7 heteroatoms. The van der Waals surface area contributed by atoms with E-state index >= 15 is 0 Å². The fourth-order valence-corrected chi connectivity index (χ4v) is 3.45. The Kier molecular flexibility index (Phi) is 4.91. The molecule has 0 amide bonds. The molecule has 2 aromatic heterocycles. The minimum absolute atomic E-state index is 0.0501. The Morgan fingerprint density at radius 1 is 1.13 bits per heavy atom. The average molecular weight is 412 g/mol. The predicted octanol–water partition coefficient (Wildman–Crippen LogP) is 6.03. The number of rotatable bonds is 4. The summed E-state index contributed by atoms with van der Waals surface area (Å²) in [5.74, 6) is 1.41. The quantitative estimate of drug-likeness (QED) is 0.250. The van der Waals surface area contributed by atoms with E-state index < -0.39 is 4.92 Å². The second-order valence-electron chi connectivity index (χ2n) is 7.61. The van der Waals surface area contributed by atoms with Crippen LogP contribution in [0.15, 0.2) is 40.8 Å². The number of aryl methyl sites for hydroxylation is 3. The summed E-state index contributed by atoms with van der Waals surface area (Å²) < 4.78 is 5.87. The summed E-state index contributed by atoms with van der Waals surface area (Å²) >= 11 is 0. The smallest absolute Gasteiger partial charge is 0.273 e. The number of nitrogens with zero attached hydrogens (tertiary/aromatic N) is 3. The van der Waals surface area contributed by atoms with Crippen molar-refractivity contribution in [2.75, 3.05) is 0 Å². The van der Waals surface area contributed by atoms with Gasteiger partial charge in [0.15, 0.2) is 0 Å². The Balaban J connectivity index is 1.72. The van der Waals surface area contributed by atoms with Crippen LogP contribution in [0.4, 0.5) is 5.69 Å². The van der Waals surface area contributed by atoms with E-state index in [-0.39, 0.29) is 5.69 Å². The normalized spacial score (nSPS) is 11.6. The monoisotopic (exact) mass is 412 g/mol. The number of hydrogen-bond acceptors (Lipinski definition) is 5. The third-order valence-corrected chi connectivity index (χ3v) is 5.51. The van der Waals surface area contributed by atoms with Crippen LogP contribution in [0.3, 0.4) is 0 Å². The summed E-state index contributed by atoms with van der Waals surface area (Å²) in [6, 6.07) is 13.0. The molecular formula is C24H20N4O3. The van der Waals surface area contributed by atoms with Gasteiger partial charge in [0.1, 0.15) is 23.4 Å². The predicted molar refractivity (Wildman–Crippen MR) is 119 cm³/mol. The second-order valence-corrected chi connectivity index (χ2v) is 7.61. The van der Waals surface area contributed by atoms with Crippen LogP contribution in [0.5, 0.6) is 0 Å². The van der Waals surface area contributed by atoms with Crippen molar-refractivity contribution in [3.8, 4) is 17.4 Å². The lowest BCUT2D eigenvalue weighted by atomic mass is 10.0. The lowest BCUT2D eigenvalue weighted by Crippen LogP contribution is -1.94. The van der Waals surface area contributed by atoms with Gasteiger partial charge in [-0.2, -0.15) is 5.26 Å². The van der Waals surface area contributed by atoms with Crippen LogP contribution in [0, 0.1) is 49.1 Å². The highest BCUT2D eigenvalue weighted by Crippen LogP contribution is 2.31. The Hall–Kier alpha value is -4.18. The van der Waals surface area contributed by atoms with Crippen molar-refractivity contribution in [3.63, 3.8) is 0 Å². The van der Waals surface area contributed by atoms with Crippen LogP contribution in [0.2, 0.25) is 0 Å². The van der Waals surface area contributed by atoms with Gasteiger partial charge in [0, 0.05) is 23.3 Å². The van der Waals surface area contributed by atoms with E-state index in [4.69, 9.17) is 4.42 Å². The third kappa shape index (κ3) is 3.71. The van der Waals surface area contributed by atoms with Crippen molar-refractivity contribution in [2.45, 2.75) is 27.7 Å². The van der Waals surface area contributed by atoms with Crippen molar-refractivity contribution in [1.82, 2.24) is 9.97 Å². The van der Waals surface area contributed by atoms with Crippen LogP contribution in [-0.4, -0.2) is 14.9 Å².